The van der Waals surface area contributed by atoms with E-state index in [0.717, 1.165) is 19.1 Å². The van der Waals surface area contributed by atoms with Crippen LogP contribution in [0.3, 0.4) is 0 Å². The summed E-state index contributed by atoms with van der Waals surface area (Å²) in [4.78, 5) is 25.9. The molecule has 7 nitrogen and oxygen atoms in total. The van der Waals surface area contributed by atoms with Gasteiger partial charge < -0.3 is 19.9 Å². The van der Waals surface area contributed by atoms with Crippen LogP contribution in [0.5, 0.6) is 11.6 Å². The molecule has 2 aromatic rings. The Morgan fingerprint density at radius 2 is 1.96 bits per heavy atom. The van der Waals surface area contributed by atoms with Crippen LogP contribution in [-0.4, -0.2) is 28.8 Å². The van der Waals surface area contributed by atoms with Crippen LogP contribution in [0.25, 0.3) is 11.3 Å². The fourth-order valence-electron chi connectivity index (χ4n) is 2.15. The average molecular weight is 421 g/mol. The van der Waals surface area contributed by atoms with Gasteiger partial charge in [0.1, 0.15) is 10.8 Å². The van der Waals surface area contributed by atoms with Gasteiger partial charge in [-0.05, 0) is 19.1 Å². The predicted molar refractivity (Wildman–Crippen MR) is 93.7 cm³/mol. The first kappa shape index (κ1) is 20.7. The highest BCUT2D eigenvalue weighted by atomic mass is 35.5. The molecule has 1 aromatic heterocycles. The Kier molecular flexibility index (Phi) is 6.40. The van der Waals surface area contributed by atoms with Crippen molar-refractivity contribution in [3.8, 4) is 22.9 Å². The van der Waals surface area contributed by atoms with Crippen molar-refractivity contribution in [3.63, 3.8) is 0 Å². The molecule has 0 saturated carbocycles. The molecule has 0 fully saturated rings. The number of carbonyl (C=O) groups is 2. The summed E-state index contributed by atoms with van der Waals surface area (Å²) < 4.78 is 38.7. The van der Waals surface area contributed by atoms with Gasteiger partial charge in [0.05, 0.1) is 28.6 Å². The van der Waals surface area contributed by atoms with Gasteiger partial charge in [0, 0.05) is 6.92 Å². The topological polar surface area (TPSA) is 97.8 Å². The second kappa shape index (κ2) is 8.36. The van der Waals surface area contributed by atoms with Crippen LogP contribution in [0, 0.1) is 11.6 Å². The third kappa shape index (κ3) is 4.55. The van der Waals surface area contributed by atoms with E-state index in [2.05, 4.69) is 15.0 Å². The standard InChI is InChI=1S/C16H12Cl2F2N2O5/c1-3-26-14-7(17)4-8(19)11(13(14)20)9-5-10(21-6(2)23)12(18)15(22-9)27-16(24)25/h4-5H,3H2,1-2H3,(H,24,25)(H,21,22,23). The molecule has 0 bridgehead atoms. The van der Waals surface area contributed by atoms with E-state index in [0.29, 0.717) is 0 Å². The third-order valence-electron chi connectivity index (χ3n) is 3.09. The highest BCUT2D eigenvalue weighted by molar-refractivity contribution is 6.35. The number of carboxylic acid groups (broad SMARTS) is 1. The van der Waals surface area contributed by atoms with Crippen molar-refractivity contribution in [2.45, 2.75) is 13.8 Å². The number of nitrogens with zero attached hydrogens (tertiary/aromatic N) is 1. The lowest BCUT2D eigenvalue weighted by molar-refractivity contribution is -0.114. The van der Waals surface area contributed by atoms with E-state index in [4.69, 9.17) is 33.0 Å². The number of ether oxygens (including phenoxy) is 2. The van der Waals surface area contributed by atoms with Crippen molar-refractivity contribution in [3.05, 3.63) is 33.8 Å². The number of benzene rings is 1. The molecule has 0 atom stereocenters. The van der Waals surface area contributed by atoms with Gasteiger partial charge in [0.2, 0.25) is 11.8 Å². The van der Waals surface area contributed by atoms with E-state index >= 15 is 0 Å². The summed E-state index contributed by atoms with van der Waals surface area (Å²) in [6.07, 6.45) is -1.76. The van der Waals surface area contributed by atoms with Crippen LogP contribution in [0.2, 0.25) is 10.0 Å². The summed E-state index contributed by atoms with van der Waals surface area (Å²) in [6, 6.07) is 1.88. The smallest absolute Gasteiger partial charge is 0.489 e. The second-order valence-electron chi connectivity index (χ2n) is 5.01. The molecule has 11 heteroatoms. The van der Waals surface area contributed by atoms with Crippen LogP contribution >= 0.6 is 23.2 Å². The van der Waals surface area contributed by atoms with Gasteiger partial charge in [-0.3, -0.25) is 4.79 Å². The minimum atomic E-state index is -1.76. The molecule has 1 amide bonds. The van der Waals surface area contributed by atoms with E-state index in [1.54, 1.807) is 6.92 Å². The molecule has 2 rings (SSSR count). The van der Waals surface area contributed by atoms with Crippen LogP contribution in [0.4, 0.5) is 19.3 Å². The number of aromatic nitrogens is 1. The zero-order valence-corrected chi connectivity index (χ0v) is 15.4. The third-order valence-corrected chi connectivity index (χ3v) is 3.74. The number of rotatable bonds is 5. The maximum Gasteiger partial charge on any atom is 0.512 e. The highest BCUT2D eigenvalue weighted by Crippen LogP contribution is 2.40. The van der Waals surface area contributed by atoms with Crippen LogP contribution < -0.4 is 14.8 Å². The van der Waals surface area contributed by atoms with Gasteiger partial charge in [0.15, 0.2) is 11.6 Å². The van der Waals surface area contributed by atoms with Crippen molar-refractivity contribution >= 4 is 41.0 Å². The lowest BCUT2D eigenvalue weighted by Gasteiger charge is -2.14. The molecule has 0 unspecified atom stereocenters. The normalized spacial score (nSPS) is 10.4. The van der Waals surface area contributed by atoms with Crippen LogP contribution in [0.1, 0.15) is 13.8 Å². The van der Waals surface area contributed by atoms with Gasteiger partial charge in [0.25, 0.3) is 0 Å². The molecule has 27 heavy (non-hydrogen) atoms. The first-order valence-electron chi connectivity index (χ1n) is 7.35. The lowest BCUT2D eigenvalue weighted by Crippen LogP contribution is -2.11. The summed E-state index contributed by atoms with van der Waals surface area (Å²) in [6.45, 7) is 2.79. The van der Waals surface area contributed by atoms with E-state index in [1.165, 1.54) is 0 Å². The van der Waals surface area contributed by atoms with Crippen molar-refractivity contribution in [1.29, 1.82) is 0 Å². The van der Waals surface area contributed by atoms with Gasteiger partial charge in [-0.1, -0.05) is 23.2 Å². The lowest BCUT2D eigenvalue weighted by atomic mass is 10.1. The Morgan fingerprint density at radius 3 is 2.52 bits per heavy atom. The van der Waals surface area contributed by atoms with Crippen molar-refractivity contribution < 1.29 is 33.0 Å². The van der Waals surface area contributed by atoms with Gasteiger partial charge in [-0.2, -0.15) is 0 Å². The fourth-order valence-corrected chi connectivity index (χ4v) is 2.56. The van der Waals surface area contributed by atoms with Gasteiger partial charge >= 0.3 is 6.16 Å². The molecule has 0 spiro atoms. The Balaban J connectivity index is 2.76. The molecule has 0 aliphatic carbocycles. The second-order valence-corrected chi connectivity index (χ2v) is 5.80. The summed E-state index contributed by atoms with van der Waals surface area (Å²) in [5.74, 6) is -3.90. The van der Waals surface area contributed by atoms with Crippen molar-refractivity contribution in [2.75, 3.05) is 11.9 Å². The number of carbonyl (C=O) groups excluding carboxylic acids is 1. The number of hydrogen-bond donors (Lipinski definition) is 2. The maximum atomic E-state index is 14.8. The van der Waals surface area contributed by atoms with Crippen molar-refractivity contribution in [2.24, 2.45) is 0 Å². The van der Waals surface area contributed by atoms with Crippen LogP contribution in [0.15, 0.2) is 12.1 Å². The molecule has 144 valence electrons. The number of nitrogens with one attached hydrogen (secondary N) is 1. The Bertz CT molecular complexity index is 887. The van der Waals surface area contributed by atoms with E-state index < -0.39 is 46.6 Å². The summed E-state index contributed by atoms with van der Waals surface area (Å²) >= 11 is 11.7. The number of amides is 1. The quantitative estimate of drug-likeness (QED) is 0.677. The van der Waals surface area contributed by atoms with Crippen LogP contribution in [-0.2, 0) is 4.79 Å². The average Bonchev–Trinajstić information content (AvgIpc) is 2.54. The zero-order valence-electron chi connectivity index (χ0n) is 13.9. The van der Waals surface area contributed by atoms with Gasteiger partial charge in [-0.15, -0.1) is 0 Å². The number of anilines is 1. The summed E-state index contributed by atoms with van der Waals surface area (Å²) in [5.41, 5.74) is -1.22. The van der Waals surface area contributed by atoms with Gasteiger partial charge in [-0.25, -0.2) is 18.6 Å². The number of pyridine rings is 1. The molecule has 2 N–H and O–H groups in total. The zero-order chi connectivity index (χ0) is 20.3. The molecule has 1 aromatic carbocycles. The predicted octanol–water partition coefficient (Wildman–Crippen LogP) is 4.75. The van der Waals surface area contributed by atoms with Crippen molar-refractivity contribution in [1.82, 2.24) is 4.98 Å². The SMILES string of the molecule is CCOc1c(Cl)cc(F)c(-c2cc(NC(C)=O)c(Cl)c(OC(=O)O)n2)c1F. The summed E-state index contributed by atoms with van der Waals surface area (Å²) in [7, 11) is 0. The Labute approximate surface area is 161 Å². The number of hydrogen-bond acceptors (Lipinski definition) is 5. The minimum Gasteiger partial charge on any atom is -0.489 e. The Hall–Kier alpha value is -2.65. The van der Waals surface area contributed by atoms with E-state index in [-0.39, 0.29) is 22.3 Å². The first-order valence-corrected chi connectivity index (χ1v) is 8.10. The molecule has 1 heterocycles. The maximum absolute atomic E-state index is 14.8. The molecular weight excluding hydrogens is 409 g/mol. The molecule has 0 saturated heterocycles. The first-order chi connectivity index (χ1) is 12.6. The minimum absolute atomic E-state index is 0.0558. The summed E-state index contributed by atoms with van der Waals surface area (Å²) in [5, 5.41) is 10.4. The monoisotopic (exact) mass is 420 g/mol. The Morgan fingerprint density at radius 1 is 1.30 bits per heavy atom. The molecule has 0 aliphatic rings. The fraction of sp³-hybridized carbons (Fsp3) is 0.188. The highest BCUT2D eigenvalue weighted by Gasteiger charge is 2.24. The largest absolute Gasteiger partial charge is 0.512 e. The van der Waals surface area contributed by atoms with E-state index in [9.17, 15) is 18.4 Å². The molecule has 0 aliphatic heterocycles. The molecular formula is C16H12Cl2F2N2O5. The molecule has 0 radical (unpaired) electrons. The van der Waals surface area contributed by atoms with E-state index in [1.807, 2.05) is 0 Å². The number of halogens is 4.